The van der Waals surface area contributed by atoms with E-state index in [4.69, 9.17) is 0 Å². The first-order valence-electron chi connectivity index (χ1n) is 11.5. The molecular formula is C26H36N2O2S4. The number of rotatable bonds is 10. The first-order chi connectivity index (χ1) is 16.0. The van der Waals surface area contributed by atoms with Crippen molar-refractivity contribution in [3.8, 4) is 0 Å². The molecule has 0 bridgehead atoms. The van der Waals surface area contributed by atoms with Gasteiger partial charge in [0, 0.05) is 13.1 Å². The van der Waals surface area contributed by atoms with Crippen LogP contribution in [0.3, 0.4) is 0 Å². The molecule has 0 aliphatic carbocycles. The maximum atomic E-state index is 13.9. The molecule has 34 heavy (non-hydrogen) atoms. The molecule has 0 saturated carbocycles. The summed E-state index contributed by atoms with van der Waals surface area (Å²) in [4.78, 5) is 33.7. The lowest BCUT2D eigenvalue weighted by Crippen LogP contribution is -2.31. The predicted octanol–water partition coefficient (Wildman–Crippen LogP) is 5.78. The Morgan fingerprint density at radius 3 is 1.35 bits per heavy atom. The van der Waals surface area contributed by atoms with Crippen LogP contribution in [0.2, 0.25) is 0 Å². The van der Waals surface area contributed by atoms with E-state index in [1.165, 1.54) is 0 Å². The van der Waals surface area contributed by atoms with Crippen LogP contribution in [-0.4, -0.2) is 83.7 Å². The minimum Gasteiger partial charge on any atom is -0.306 e. The lowest BCUT2D eigenvalue weighted by atomic mass is 10.1. The van der Waals surface area contributed by atoms with Crippen LogP contribution in [0.1, 0.15) is 22.6 Å². The minimum absolute atomic E-state index is 0.0111. The lowest BCUT2D eigenvalue weighted by molar-refractivity contribution is -0.124. The zero-order chi connectivity index (χ0) is 24.7. The second-order valence-electron chi connectivity index (χ2n) is 10.6. The molecule has 4 nitrogen and oxygen atoms in total. The zero-order valence-corrected chi connectivity index (χ0v) is 24.3. The molecule has 0 spiro atoms. The van der Waals surface area contributed by atoms with Crippen molar-refractivity contribution in [2.75, 3.05) is 62.1 Å². The molecule has 8 heteroatoms. The Balaban J connectivity index is 1.76. The van der Waals surface area contributed by atoms with Crippen molar-refractivity contribution >= 4 is 65.9 Å². The molecule has 4 heterocycles. The van der Waals surface area contributed by atoms with Crippen LogP contribution in [0.5, 0.6) is 0 Å². The summed E-state index contributed by atoms with van der Waals surface area (Å²) in [6.45, 7) is 1.31. The van der Waals surface area contributed by atoms with Crippen LogP contribution < -0.4 is 0 Å². The SMILES string of the molecule is CS(C)(C)CCCN1C(=O)C2=C(c3cccs3)N(CCCS(C)(C)C)C(=O)C2=C1c1cccs1. The number of thiophene rings is 2. The number of nitrogens with zero attached hydrogens (tertiary/aromatic N) is 2. The summed E-state index contributed by atoms with van der Waals surface area (Å²) in [5, 5.41) is 4.05. The number of hydrogen-bond acceptors (Lipinski definition) is 4. The molecule has 0 atom stereocenters. The number of amides is 2. The van der Waals surface area contributed by atoms with Gasteiger partial charge in [-0.15, -0.1) is 22.7 Å². The molecule has 0 saturated heterocycles. The third kappa shape index (κ3) is 5.35. The van der Waals surface area contributed by atoms with Crippen LogP contribution in [-0.2, 0) is 9.59 Å². The summed E-state index contributed by atoms with van der Waals surface area (Å²) in [6.07, 6.45) is 15.7. The number of carbonyl (C=O) groups is 2. The number of hydrogen-bond donors (Lipinski definition) is 0. The molecule has 186 valence electrons. The molecular weight excluding hydrogens is 501 g/mol. The van der Waals surface area contributed by atoms with E-state index in [2.05, 4.69) is 37.5 Å². The average molecular weight is 537 g/mol. The molecule has 0 radical (unpaired) electrons. The van der Waals surface area contributed by atoms with Crippen LogP contribution in [0.25, 0.3) is 11.4 Å². The summed E-state index contributed by atoms with van der Waals surface area (Å²) < 4.78 is 0. The monoisotopic (exact) mass is 536 g/mol. The fourth-order valence-corrected chi connectivity index (χ4v) is 8.03. The fraction of sp³-hybridized carbons (Fsp3) is 0.462. The van der Waals surface area contributed by atoms with Gasteiger partial charge in [-0.25, -0.2) is 20.1 Å². The highest BCUT2D eigenvalue weighted by Gasteiger charge is 2.49. The molecule has 2 aliphatic heterocycles. The second-order valence-corrected chi connectivity index (χ2v) is 21.7. The van der Waals surface area contributed by atoms with E-state index in [0.29, 0.717) is 24.2 Å². The Kier molecular flexibility index (Phi) is 7.44. The Hall–Kier alpha value is -1.48. The van der Waals surface area contributed by atoms with Gasteiger partial charge in [0.05, 0.1) is 32.3 Å². The summed E-state index contributed by atoms with van der Waals surface area (Å²) >= 11 is 3.21. The lowest BCUT2D eigenvalue weighted by Gasteiger charge is -2.29. The summed E-state index contributed by atoms with van der Waals surface area (Å²) in [6, 6.07) is 8.07. The average Bonchev–Trinajstić information content (AvgIpc) is 3.50. The normalized spacial score (nSPS) is 17.9. The Morgan fingerprint density at radius 2 is 1.06 bits per heavy atom. The quantitative estimate of drug-likeness (QED) is 0.386. The van der Waals surface area contributed by atoms with Gasteiger partial charge in [0.2, 0.25) is 0 Å². The van der Waals surface area contributed by atoms with E-state index in [1.54, 1.807) is 22.7 Å². The van der Waals surface area contributed by atoms with Crippen molar-refractivity contribution in [3.63, 3.8) is 0 Å². The highest BCUT2D eigenvalue weighted by atomic mass is 32.3. The van der Waals surface area contributed by atoms with Crippen LogP contribution in [0, 0.1) is 0 Å². The highest BCUT2D eigenvalue weighted by Crippen LogP contribution is 2.48. The van der Waals surface area contributed by atoms with Crippen molar-refractivity contribution in [3.05, 3.63) is 55.9 Å². The Morgan fingerprint density at radius 1 is 0.676 bits per heavy atom. The number of fused-ring (bicyclic) bond motifs is 1. The van der Waals surface area contributed by atoms with E-state index in [0.717, 1.165) is 45.5 Å². The summed E-state index contributed by atoms with van der Waals surface area (Å²) in [7, 11) is -1.29. The van der Waals surface area contributed by atoms with Crippen LogP contribution in [0.15, 0.2) is 46.2 Å². The van der Waals surface area contributed by atoms with E-state index < -0.39 is 20.1 Å². The largest absolute Gasteiger partial charge is 0.306 e. The first-order valence-corrected chi connectivity index (χ1v) is 19.3. The van der Waals surface area contributed by atoms with Crippen molar-refractivity contribution < 1.29 is 9.59 Å². The zero-order valence-electron chi connectivity index (χ0n) is 21.1. The molecule has 0 fully saturated rings. The van der Waals surface area contributed by atoms with Gasteiger partial charge in [0.25, 0.3) is 11.8 Å². The van der Waals surface area contributed by atoms with E-state index in [1.807, 2.05) is 44.8 Å². The standard InChI is InChI=1S/C26H36N2O2S4/c1-33(2,3)17-9-13-27-23(19-11-7-15-31-19)21-22(25(27)29)24(20-12-8-16-32-20)28(26(21)30)14-10-18-34(4,5)6/h7-8,11-12,15-16H,9-10,13-14,17-18H2,1-6H3. The predicted molar refractivity (Wildman–Crippen MR) is 156 cm³/mol. The Bertz CT molecular complexity index is 1030. The van der Waals surface area contributed by atoms with Crippen molar-refractivity contribution in [2.24, 2.45) is 0 Å². The third-order valence-corrected chi connectivity index (χ3v) is 10.7. The molecule has 2 aromatic rings. The fourth-order valence-electron chi connectivity index (χ4n) is 4.47. The minimum atomic E-state index is -0.646. The van der Waals surface area contributed by atoms with Crippen molar-refractivity contribution in [2.45, 2.75) is 12.8 Å². The highest BCUT2D eigenvalue weighted by molar-refractivity contribution is 8.32. The summed E-state index contributed by atoms with van der Waals surface area (Å²) in [5.74, 6) is 2.19. The van der Waals surface area contributed by atoms with Gasteiger partial charge in [-0.2, -0.15) is 0 Å². The van der Waals surface area contributed by atoms with Gasteiger partial charge in [-0.1, -0.05) is 12.1 Å². The maximum Gasteiger partial charge on any atom is 0.261 e. The van der Waals surface area contributed by atoms with Gasteiger partial charge in [-0.3, -0.25) is 9.59 Å². The topological polar surface area (TPSA) is 40.6 Å². The van der Waals surface area contributed by atoms with Crippen molar-refractivity contribution in [1.82, 2.24) is 9.80 Å². The third-order valence-electron chi connectivity index (χ3n) is 5.97. The van der Waals surface area contributed by atoms with Crippen molar-refractivity contribution in [1.29, 1.82) is 0 Å². The summed E-state index contributed by atoms with van der Waals surface area (Å²) in [5.41, 5.74) is 2.87. The van der Waals surface area contributed by atoms with E-state index in [9.17, 15) is 9.59 Å². The molecule has 2 aliphatic rings. The maximum absolute atomic E-state index is 13.9. The number of carbonyl (C=O) groups excluding carboxylic acids is 2. The molecule has 0 aromatic carbocycles. The molecule has 0 unspecified atom stereocenters. The van der Waals surface area contributed by atoms with E-state index >= 15 is 0 Å². The first kappa shape index (κ1) is 25.6. The molecule has 0 N–H and O–H groups in total. The van der Waals surface area contributed by atoms with Gasteiger partial charge in [0.1, 0.15) is 0 Å². The van der Waals surface area contributed by atoms with Crippen LogP contribution >= 0.6 is 42.7 Å². The van der Waals surface area contributed by atoms with Gasteiger partial charge in [0.15, 0.2) is 0 Å². The van der Waals surface area contributed by atoms with Gasteiger partial charge in [-0.05, 0) is 84.8 Å². The van der Waals surface area contributed by atoms with E-state index in [-0.39, 0.29) is 11.8 Å². The van der Waals surface area contributed by atoms with Gasteiger partial charge < -0.3 is 9.80 Å². The molecule has 4 rings (SSSR count). The molecule has 2 aromatic heterocycles. The second kappa shape index (κ2) is 9.88. The Labute approximate surface area is 215 Å². The smallest absolute Gasteiger partial charge is 0.261 e. The van der Waals surface area contributed by atoms with Crippen LogP contribution in [0.4, 0.5) is 0 Å². The molecule has 2 amide bonds. The van der Waals surface area contributed by atoms with Gasteiger partial charge >= 0.3 is 0 Å².